The largest absolute Gasteiger partial charge is 0.481 e. The van der Waals surface area contributed by atoms with Gasteiger partial charge in [0.1, 0.15) is 5.75 Å². The molecule has 104 valence electrons. The van der Waals surface area contributed by atoms with E-state index in [0.29, 0.717) is 6.04 Å². The highest BCUT2D eigenvalue weighted by Gasteiger charge is 2.21. The number of carbonyl (C=O) groups is 1. The molecule has 0 spiro atoms. The van der Waals surface area contributed by atoms with Gasteiger partial charge in [0.15, 0.2) is 6.10 Å². The Morgan fingerprint density at radius 2 is 2.11 bits per heavy atom. The molecule has 19 heavy (non-hydrogen) atoms. The van der Waals surface area contributed by atoms with Crippen LogP contribution in [0.15, 0.2) is 24.3 Å². The number of hydrogen-bond acceptors (Lipinski definition) is 3. The summed E-state index contributed by atoms with van der Waals surface area (Å²) in [6.07, 6.45) is 2.06. The lowest BCUT2D eigenvalue weighted by atomic mass is 10.2. The number of hydrogen-bond donors (Lipinski definition) is 1. The van der Waals surface area contributed by atoms with Crippen LogP contribution in [0.2, 0.25) is 0 Å². The van der Waals surface area contributed by atoms with Crippen molar-refractivity contribution in [1.29, 1.82) is 0 Å². The average Bonchev–Trinajstić information content (AvgIpc) is 3.20. The van der Waals surface area contributed by atoms with Gasteiger partial charge in [0, 0.05) is 32.2 Å². The number of rotatable bonds is 6. The highest BCUT2D eigenvalue weighted by molar-refractivity contribution is 5.80. The molecule has 0 heterocycles. The van der Waals surface area contributed by atoms with E-state index < -0.39 is 6.10 Å². The Morgan fingerprint density at radius 1 is 1.42 bits per heavy atom. The van der Waals surface area contributed by atoms with Gasteiger partial charge in [-0.2, -0.15) is 0 Å². The second-order valence-corrected chi connectivity index (χ2v) is 5.26. The molecule has 0 aliphatic heterocycles. The maximum Gasteiger partial charge on any atom is 0.262 e. The molecule has 2 rings (SSSR count). The molecular weight excluding hydrogens is 240 g/mol. The van der Waals surface area contributed by atoms with Gasteiger partial charge in [-0.05, 0) is 25.8 Å². The Labute approximate surface area is 114 Å². The van der Waals surface area contributed by atoms with E-state index in [1.54, 1.807) is 25.9 Å². The molecule has 1 amide bonds. The Balaban J connectivity index is 1.99. The Hall–Kier alpha value is -1.55. The molecule has 1 fully saturated rings. The summed E-state index contributed by atoms with van der Waals surface area (Å²) < 4.78 is 5.79. The minimum absolute atomic E-state index is 0.0232. The summed E-state index contributed by atoms with van der Waals surface area (Å²) in [6, 6.07) is 8.55. The maximum absolute atomic E-state index is 11.8. The van der Waals surface area contributed by atoms with Gasteiger partial charge < -0.3 is 15.0 Å². The Bertz CT molecular complexity index is 442. The predicted octanol–water partition coefficient (Wildman–Crippen LogP) is 1.79. The molecular formula is C15H22N2O2. The lowest BCUT2D eigenvalue weighted by Gasteiger charge is -2.20. The normalized spacial score (nSPS) is 15.9. The number of carbonyl (C=O) groups excluding carboxylic acids is 1. The summed E-state index contributed by atoms with van der Waals surface area (Å²) in [7, 11) is 3.48. The number of likely N-dealkylation sites (N-methyl/N-ethyl adjacent to an activating group) is 1. The highest BCUT2D eigenvalue weighted by atomic mass is 16.5. The zero-order valence-corrected chi connectivity index (χ0v) is 11.8. The number of para-hydroxylation sites is 1. The SMILES string of the molecule is CC(Oc1ccccc1CNC1CC1)C(=O)N(C)C. The molecule has 1 aliphatic rings. The van der Waals surface area contributed by atoms with Crippen LogP contribution < -0.4 is 10.1 Å². The standard InChI is InChI=1S/C15H22N2O2/c1-11(15(18)17(2)3)19-14-7-5-4-6-12(14)10-16-13-8-9-13/h4-7,11,13,16H,8-10H2,1-3H3. The zero-order valence-electron chi connectivity index (χ0n) is 11.8. The van der Waals surface area contributed by atoms with E-state index in [0.717, 1.165) is 17.9 Å². The van der Waals surface area contributed by atoms with Gasteiger partial charge in [-0.1, -0.05) is 18.2 Å². The first-order valence-corrected chi connectivity index (χ1v) is 6.77. The van der Waals surface area contributed by atoms with Crippen molar-refractivity contribution in [3.63, 3.8) is 0 Å². The first-order valence-electron chi connectivity index (χ1n) is 6.77. The van der Waals surface area contributed by atoms with Gasteiger partial charge in [0.25, 0.3) is 5.91 Å². The zero-order chi connectivity index (χ0) is 13.8. The smallest absolute Gasteiger partial charge is 0.262 e. The fourth-order valence-electron chi connectivity index (χ4n) is 1.91. The predicted molar refractivity (Wildman–Crippen MR) is 75.1 cm³/mol. The van der Waals surface area contributed by atoms with Crippen molar-refractivity contribution in [1.82, 2.24) is 10.2 Å². The average molecular weight is 262 g/mol. The van der Waals surface area contributed by atoms with Crippen LogP contribution in [0.3, 0.4) is 0 Å². The van der Waals surface area contributed by atoms with Crippen molar-refractivity contribution >= 4 is 5.91 Å². The van der Waals surface area contributed by atoms with Gasteiger partial charge in [-0.15, -0.1) is 0 Å². The van der Waals surface area contributed by atoms with E-state index >= 15 is 0 Å². The number of benzene rings is 1. The van der Waals surface area contributed by atoms with Crippen LogP contribution in [-0.4, -0.2) is 37.0 Å². The summed E-state index contributed by atoms with van der Waals surface area (Å²) in [5.74, 6) is 0.767. The third-order valence-electron chi connectivity index (χ3n) is 3.22. The molecule has 4 nitrogen and oxygen atoms in total. The molecule has 1 unspecified atom stereocenters. The van der Waals surface area contributed by atoms with Crippen LogP contribution in [-0.2, 0) is 11.3 Å². The minimum atomic E-state index is -0.461. The van der Waals surface area contributed by atoms with Gasteiger partial charge in [-0.25, -0.2) is 0 Å². The van der Waals surface area contributed by atoms with Crippen LogP contribution in [0, 0.1) is 0 Å². The van der Waals surface area contributed by atoms with Crippen molar-refractivity contribution in [3.8, 4) is 5.75 Å². The quantitative estimate of drug-likeness (QED) is 0.850. The minimum Gasteiger partial charge on any atom is -0.481 e. The number of nitrogens with zero attached hydrogens (tertiary/aromatic N) is 1. The molecule has 1 aromatic rings. The Kier molecular flexibility index (Phi) is 4.43. The van der Waals surface area contributed by atoms with Gasteiger partial charge in [0.05, 0.1) is 0 Å². The molecule has 1 aromatic carbocycles. The topological polar surface area (TPSA) is 41.6 Å². The van der Waals surface area contributed by atoms with Crippen LogP contribution in [0.1, 0.15) is 25.3 Å². The third kappa shape index (κ3) is 3.96. The highest BCUT2D eigenvalue weighted by Crippen LogP contribution is 2.23. The Morgan fingerprint density at radius 3 is 2.74 bits per heavy atom. The molecule has 1 N–H and O–H groups in total. The van der Waals surface area contributed by atoms with Crippen LogP contribution in [0.5, 0.6) is 5.75 Å². The van der Waals surface area contributed by atoms with Crippen molar-refractivity contribution < 1.29 is 9.53 Å². The van der Waals surface area contributed by atoms with E-state index in [4.69, 9.17) is 4.74 Å². The molecule has 1 saturated carbocycles. The van der Waals surface area contributed by atoms with Crippen molar-refractivity contribution in [2.45, 2.75) is 38.5 Å². The summed E-state index contributed by atoms with van der Waals surface area (Å²) >= 11 is 0. The fourth-order valence-corrected chi connectivity index (χ4v) is 1.91. The summed E-state index contributed by atoms with van der Waals surface area (Å²) in [4.78, 5) is 13.4. The van der Waals surface area contributed by atoms with E-state index in [2.05, 4.69) is 5.32 Å². The van der Waals surface area contributed by atoms with Gasteiger partial charge >= 0.3 is 0 Å². The monoisotopic (exact) mass is 262 g/mol. The molecule has 0 saturated heterocycles. The summed E-state index contributed by atoms with van der Waals surface area (Å²) in [6.45, 7) is 2.58. The van der Waals surface area contributed by atoms with Crippen molar-refractivity contribution in [2.75, 3.05) is 14.1 Å². The number of nitrogens with one attached hydrogen (secondary N) is 1. The van der Waals surface area contributed by atoms with Gasteiger partial charge in [0.2, 0.25) is 0 Å². The summed E-state index contributed by atoms with van der Waals surface area (Å²) in [5, 5.41) is 3.46. The van der Waals surface area contributed by atoms with E-state index in [1.807, 2.05) is 24.3 Å². The van der Waals surface area contributed by atoms with Crippen LogP contribution in [0.4, 0.5) is 0 Å². The molecule has 1 atom stereocenters. The van der Waals surface area contributed by atoms with Crippen LogP contribution in [0.25, 0.3) is 0 Å². The molecule has 0 radical (unpaired) electrons. The second-order valence-electron chi connectivity index (χ2n) is 5.26. The van der Waals surface area contributed by atoms with Gasteiger partial charge in [-0.3, -0.25) is 4.79 Å². The fraction of sp³-hybridized carbons (Fsp3) is 0.533. The van der Waals surface area contributed by atoms with E-state index in [-0.39, 0.29) is 5.91 Å². The number of amides is 1. The van der Waals surface area contributed by atoms with E-state index in [1.165, 1.54) is 12.8 Å². The second kappa shape index (κ2) is 6.06. The molecule has 4 heteroatoms. The lowest BCUT2D eigenvalue weighted by Crippen LogP contribution is -2.35. The molecule has 0 bridgehead atoms. The first-order chi connectivity index (χ1) is 9.08. The van der Waals surface area contributed by atoms with Crippen LogP contribution >= 0.6 is 0 Å². The molecule has 0 aromatic heterocycles. The van der Waals surface area contributed by atoms with E-state index in [9.17, 15) is 4.79 Å². The summed E-state index contributed by atoms with van der Waals surface area (Å²) in [5.41, 5.74) is 1.10. The number of ether oxygens (including phenoxy) is 1. The first kappa shape index (κ1) is 13.9. The third-order valence-corrected chi connectivity index (χ3v) is 3.22. The molecule has 1 aliphatic carbocycles. The van der Waals surface area contributed by atoms with Crippen molar-refractivity contribution in [3.05, 3.63) is 29.8 Å². The lowest BCUT2D eigenvalue weighted by molar-refractivity contribution is -0.135. The maximum atomic E-state index is 11.8. The van der Waals surface area contributed by atoms with Crippen molar-refractivity contribution in [2.24, 2.45) is 0 Å².